The van der Waals surface area contributed by atoms with Crippen molar-refractivity contribution in [2.24, 2.45) is 17.8 Å². The van der Waals surface area contributed by atoms with Crippen LogP contribution in [0.25, 0.3) is 0 Å². The number of aryl methyl sites for hydroxylation is 1. The number of hydrogen-bond donors (Lipinski definition) is 0. The number of imidazole rings is 1. The summed E-state index contributed by atoms with van der Waals surface area (Å²) < 4.78 is 13.6. The monoisotopic (exact) mass is 591 g/mol. The van der Waals surface area contributed by atoms with Crippen LogP contribution in [0.2, 0.25) is 0 Å². The first-order valence-electron chi connectivity index (χ1n) is 17.7. The van der Waals surface area contributed by atoms with Crippen molar-refractivity contribution in [3.63, 3.8) is 0 Å². The van der Waals surface area contributed by atoms with E-state index in [4.69, 9.17) is 9.47 Å². The van der Waals surface area contributed by atoms with Crippen molar-refractivity contribution in [3.05, 3.63) is 18.7 Å². The van der Waals surface area contributed by atoms with Crippen LogP contribution in [-0.4, -0.2) is 34.2 Å². The van der Waals surface area contributed by atoms with Gasteiger partial charge in [0, 0.05) is 31.8 Å². The fraction of sp³-hybridized carbons (Fsp3) is 0.861. The molecule has 0 aliphatic heterocycles. The maximum atomic E-state index is 12.4. The standard InChI is InChI=1S/C36H66N2O4/c1-6-8-9-16-20-34(42-36(40)23-19-27-38-28-26-37-30-38)21-17-14-12-10-11-13-15-18-22-35(39)41-29-33(31(3)4)25-24-32(5)7-2/h26,28,30-34H,6-25,27,29H2,1-5H3. The Bertz CT molecular complexity index is 764. The van der Waals surface area contributed by atoms with Gasteiger partial charge in [-0.25, -0.2) is 4.98 Å². The van der Waals surface area contributed by atoms with Crippen LogP contribution in [0.1, 0.15) is 163 Å². The lowest BCUT2D eigenvalue weighted by Crippen LogP contribution is -2.19. The highest BCUT2D eigenvalue weighted by atomic mass is 16.5. The summed E-state index contributed by atoms with van der Waals surface area (Å²) in [6.07, 6.45) is 27.0. The van der Waals surface area contributed by atoms with Crippen LogP contribution < -0.4 is 0 Å². The van der Waals surface area contributed by atoms with Gasteiger partial charge >= 0.3 is 11.9 Å². The number of nitrogens with zero attached hydrogens (tertiary/aromatic N) is 2. The molecular formula is C36H66N2O4. The molecule has 244 valence electrons. The van der Waals surface area contributed by atoms with Crippen LogP contribution in [0.4, 0.5) is 0 Å². The van der Waals surface area contributed by atoms with Gasteiger partial charge in [0.15, 0.2) is 0 Å². The van der Waals surface area contributed by atoms with Gasteiger partial charge in [0.2, 0.25) is 0 Å². The highest BCUT2D eigenvalue weighted by Gasteiger charge is 2.17. The minimum Gasteiger partial charge on any atom is -0.465 e. The Morgan fingerprint density at radius 3 is 1.95 bits per heavy atom. The minimum absolute atomic E-state index is 0.0210. The van der Waals surface area contributed by atoms with Crippen LogP contribution in [0.15, 0.2) is 18.7 Å². The first-order chi connectivity index (χ1) is 20.3. The first-order valence-corrected chi connectivity index (χ1v) is 17.7. The number of hydrogen-bond acceptors (Lipinski definition) is 5. The lowest BCUT2D eigenvalue weighted by Gasteiger charge is -2.22. The van der Waals surface area contributed by atoms with Gasteiger partial charge in [0.25, 0.3) is 0 Å². The molecule has 3 unspecified atom stereocenters. The summed E-state index contributed by atoms with van der Waals surface area (Å²) in [6, 6.07) is 0. The average molecular weight is 591 g/mol. The van der Waals surface area contributed by atoms with E-state index >= 15 is 0 Å². The molecule has 3 atom stereocenters. The molecule has 0 aliphatic carbocycles. The van der Waals surface area contributed by atoms with Crippen LogP contribution in [0.3, 0.4) is 0 Å². The first kappa shape index (κ1) is 38.2. The predicted octanol–water partition coefficient (Wildman–Crippen LogP) is 10.1. The van der Waals surface area contributed by atoms with Gasteiger partial charge in [-0.05, 0) is 62.7 Å². The molecule has 0 N–H and O–H groups in total. The maximum absolute atomic E-state index is 12.4. The Labute approximate surface area is 259 Å². The molecular weight excluding hydrogens is 524 g/mol. The highest BCUT2D eigenvalue weighted by Crippen LogP contribution is 2.22. The maximum Gasteiger partial charge on any atom is 0.306 e. The van der Waals surface area contributed by atoms with E-state index in [2.05, 4.69) is 39.6 Å². The number of carbonyl (C=O) groups excluding carboxylic acids is 2. The number of rotatable bonds is 28. The highest BCUT2D eigenvalue weighted by molar-refractivity contribution is 5.69. The Hall–Kier alpha value is -1.85. The van der Waals surface area contributed by atoms with Gasteiger partial charge in [0.1, 0.15) is 6.10 Å². The zero-order chi connectivity index (χ0) is 30.8. The second kappa shape index (κ2) is 25.6. The molecule has 1 rings (SSSR count). The lowest BCUT2D eigenvalue weighted by atomic mass is 9.88. The van der Waals surface area contributed by atoms with E-state index in [1.807, 2.05) is 10.8 Å². The third kappa shape index (κ3) is 20.9. The zero-order valence-corrected chi connectivity index (χ0v) is 28.1. The quantitative estimate of drug-likeness (QED) is 0.0717. The van der Waals surface area contributed by atoms with Crippen molar-refractivity contribution in [3.8, 4) is 0 Å². The molecule has 0 fully saturated rings. The van der Waals surface area contributed by atoms with E-state index in [9.17, 15) is 9.59 Å². The van der Waals surface area contributed by atoms with Gasteiger partial charge < -0.3 is 14.0 Å². The summed E-state index contributed by atoms with van der Waals surface area (Å²) in [6.45, 7) is 12.6. The summed E-state index contributed by atoms with van der Waals surface area (Å²) in [4.78, 5) is 28.7. The zero-order valence-electron chi connectivity index (χ0n) is 28.1. The van der Waals surface area contributed by atoms with Crippen LogP contribution in [-0.2, 0) is 25.6 Å². The number of ether oxygens (including phenoxy) is 2. The van der Waals surface area contributed by atoms with Crippen molar-refractivity contribution >= 4 is 11.9 Å². The fourth-order valence-electron chi connectivity index (χ4n) is 5.42. The number of carbonyl (C=O) groups is 2. The number of unbranched alkanes of at least 4 members (excludes halogenated alkanes) is 10. The van der Waals surface area contributed by atoms with Crippen molar-refractivity contribution in [1.29, 1.82) is 0 Å². The molecule has 0 bridgehead atoms. The molecule has 42 heavy (non-hydrogen) atoms. The number of aromatic nitrogens is 2. The van der Waals surface area contributed by atoms with E-state index in [-0.39, 0.29) is 18.0 Å². The Morgan fingerprint density at radius 1 is 0.738 bits per heavy atom. The summed E-state index contributed by atoms with van der Waals surface area (Å²) in [7, 11) is 0. The Kier molecular flexibility index (Phi) is 23.3. The SMILES string of the molecule is CCCCCCC(CCCCCCCCCCC(=O)OCC(CCC(C)CC)C(C)C)OC(=O)CCCn1ccnc1. The molecule has 6 heteroatoms. The molecule has 0 aromatic carbocycles. The van der Waals surface area contributed by atoms with E-state index in [0.29, 0.717) is 31.3 Å². The van der Waals surface area contributed by atoms with Crippen molar-refractivity contribution in [2.75, 3.05) is 6.61 Å². The molecule has 0 saturated heterocycles. The van der Waals surface area contributed by atoms with Gasteiger partial charge in [-0.1, -0.05) is 105 Å². The molecule has 0 saturated carbocycles. The molecule has 0 aliphatic rings. The van der Waals surface area contributed by atoms with E-state index in [0.717, 1.165) is 63.8 Å². The lowest BCUT2D eigenvalue weighted by molar-refractivity contribution is -0.150. The van der Waals surface area contributed by atoms with Crippen LogP contribution in [0.5, 0.6) is 0 Å². The second-order valence-corrected chi connectivity index (χ2v) is 13.0. The normalized spacial score (nSPS) is 13.7. The van der Waals surface area contributed by atoms with Gasteiger partial charge in [-0.2, -0.15) is 0 Å². The van der Waals surface area contributed by atoms with Crippen molar-refractivity contribution in [1.82, 2.24) is 9.55 Å². The van der Waals surface area contributed by atoms with E-state index in [1.165, 1.54) is 64.2 Å². The molecule has 6 nitrogen and oxygen atoms in total. The largest absolute Gasteiger partial charge is 0.465 e. The summed E-state index contributed by atoms with van der Waals surface area (Å²) >= 11 is 0. The fourth-order valence-corrected chi connectivity index (χ4v) is 5.42. The molecule has 1 aromatic heterocycles. The summed E-state index contributed by atoms with van der Waals surface area (Å²) in [5, 5.41) is 0. The summed E-state index contributed by atoms with van der Waals surface area (Å²) in [5.41, 5.74) is 0. The predicted molar refractivity (Wildman–Crippen MR) is 174 cm³/mol. The molecule has 0 radical (unpaired) electrons. The Morgan fingerprint density at radius 2 is 1.36 bits per heavy atom. The summed E-state index contributed by atoms with van der Waals surface area (Å²) in [5.74, 6) is 1.70. The third-order valence-electron chi connectivity index (χ3n) is 8.82. The Balaban J connectivity index is 2.11. The smallest absolute Gasteiger partial charge is 0.306 e. The minimum atomic E-state index is -0.0548. The molecule has 0 amide bonds. The second-order valence-electron chi connectivity index (χ2n) is 13.0. The number of esters is 2. The van der Waals surface area contributed by atoms with E-state index < -0.39 is 0 Å². The van der Waals surface area contributed by atoms with Crippen LogP contribution in [0, 0.1) is 17.8 Å². The molecule has 1 heterocycles. The topological polar surface area (TPSA) is 70.4 Å². The van der Waals surface area contributed by atoms with Gasteiger partial charge in [-0.3, -0.25) is 9.59 Å². The van der Waals surface area contributed by atoms with E-state index in [1.54, 1.807) is 12.5 Å². The third-order valence-corrected chi connectivity index (χ3v) is 8.82. The molecule has 0 spiro atoms. The average Bonchev–Trinajstić information content (AvgIpc) is 3.49. The van der Waals surface area contributed by atoms with Crippen LogP contribution >= 0.6 is 0 Å². The van der Waals surface area contributed by atoms with Gasteiger partial charge in [0.05, 0.1) is 12.9 Å². The van der Waals surface area contributed by atoms with Gasteiger partial charge in [-0.15, -0.1) is 0 Å². The molecule has 1 aromatic rings. The van der Waals surface area contributed by atoms with Crippen molar-refractivity contribution in [2.45, 2.75) is 176 Å². The van der Waals surface area contributed by atoms with Crippen molar-refractivity contribution < 1.29 is 19.1 Å².